The standard InChI is InChI=1S/C12H14N4O5/c1-2-20-10(17)4-3-7-13-8-5-6-9(16(18)19)12-11(8)14-21-15-12/h5-6,13H,2-4,7H2,1H3. The fourth-order valence-corrected chi connectivity index (χ4v) is 1.83. The van der Waals surface area contributed by atoms with Gasteiger partial charge in [-0.3, -0.25) is 14.9 Å². The Bertz CT molecular complexity index is 654. The summed E-state index contributed by atoms with van der Waals surface area (Å²) in [4.78, 5) is 21.5. The Hall–Kier alpha value is -2.71. The van der Waals surface area contributed by atoms with Gasteiger partial charge in [0.2, 0.25) is 5.52 Å². The van der Waals surface area contributed by atoms with Crippen LogP contribution in [0.1, 0.15) is 19.8 Å². The Morgan fingerprint density at radius 2 is 2.19 bits per heavy atom. The van der Waals surface area contributed by atoms with Gasteiger partial charge >= 0.3 is 11.7 Å². The zero-order valence-corrected chi connectivity index (χ0v) is 11.4. The second-order valence-electron chi connectivity index (χ2n) is 4.19. The number of non-ortho nitro benzene ring substituents is 1. The second kappa shape index (κ2) is 6.64. The predicted octanol–water partition coefficient (Wildman–Crippen LogP) is 1.89. The number of fused-ring (bicyclic) bond motifs is 1. The van der Waals surface area contributed by atoms with E-state index >= 15 is 0 Å². The Labute approximate surface area is 119 Å². The number of hydrogen-bond acceptors (Lipinski definition) is 8. The number of nitro groups is 1. The first-order valence-electron chi connectivity index (χ1n) is 6.42. The number of aromatic nitrogens is 2. The Balaban J connectivity index is 2.00. The van der Waals surface area contributed by atoms with Gasteiger partial charge in [0, 0.05) is 19.0 Å². The van der Waals surface area contributed by atoms with E-state index in [4.69, 9.17) is 4.74 Å². The van der Waals surface area contributed by atoms with Gasteiger partial charge in [-0.1, -0.05) is 0 Å². The van der Waals surface area contributed by atoms with Gasteiger partial charge in [0.05, 0.1) is 17.2 Å². The van der Waals surface area contributed by atoms with Gasteiger partial charge in [0.1, 0.15) is 0 Å². The molecule has 1 N–H and O–H groups in total. The van der Waals surface area contributed by atoms with Gasteiger partial charge in [-0.25, -0.2) is 4.63 Å². The van der Waals surface area contributed by atoms with Crippen LogP contribution < -0.4 is 5.32 Å². The molecule has 9 nitrogen and oxygen atoms in total. The number of carbonyl (C=O) groups excluding carboxylic acids is 1. The molecule has 0 aliphatic carbocycles. The molecule has 1 aromatic carbocycles. The number of esters is 1. The highest BCUT2D eigenvalue weighted by atomic mass is 16.6. The number of nitrogens with one attached hydrogen (secondary N) is 1. The SMILES string of the molecule is CCOC(=O)CCCNc1ccc([N+](=O)[O-])c2nonc12. The maximum absolute atomic E-state index is 11.2. The third kappa shape index (κ3) is 3.44. The lowest BCUT2D eigenvalue weighted by molar-refractivity contribution is -0.383. The molecule has 112 valence electrons. The quantitative estimate of drug-likeness (QED) is 0.355. The number of benzene rings is 1. The van der Waals surface area contributed by atoms with Crippen LogP contribution in [0, 0.1) is 10.1 Å². The normalized spacial score (nSPS) is 10.5. The van der Waals surface area contributed by atoms with Crippen LogP contribution in [0.3, 0.4) is 0 Å². The lowest BCUT2D eigenvalue weighted by Gasteiger charge is -2.06. The molecule has 0 unspecified atom stereocenters. The maximum atomic E-state index is 11.2. The van der Waals surface area contributed by atoms with E-state index in [1.165, 1.54) is 12.1 Å². The number of anilines is 1. The van der Waals surface area contributed by atoms with Crippen LogP contribution in [-0.2, 0) is 9.53 Å². The fourth-order valence-electron chi connectivity index (χ4n) is 1.83. The van der Waals surface area contributed by atoms with Crippen molar-refractivity contribution >= 4 is 28.4 Å². The van der Waals surface area contributed by atoms with Gasteiger partial charge < -0.3 is 10.1 Å². The molecule has 1 aromatic heterocycles. The van der Waals surface area contributed by atoms with Crippen molar-refractivity contribution in [2.75, 3.05) is 18.5 Å². The topological polar surface area (TPSA) is 120 Å². The van der Waals surface area contributed by atoms with Crippen molar-refractivity contribution in [2.45, 2.75) is 19.8 Å². The first-order valence-corrected chi connectivity index (χ1v) is 6.42. The average molecular weight is 294 g/mol. The van der Waals surface area contributed by atoms with E-state index in [0.29, 0.717) is 37.2 Å². The molecule has 0 spiro atoms. The van der Waals surface area contributed by atoms with Crippen molar-refractivity contribution in [1.29, 1.82) is 0 Å². The van der Waals surface area contributed by atoms with Gasteiger partial charge in [-0.2, -0.15) is 0 Å². The van der Waals surface area contributed by atoms with E-state index in [-0.39, 0.29) is 17.2 Å². The van der Waals surface area contributed by atoms with Crippen molar-refractivity contribution < 1.29 is 19.1 Å². The molecule has 0 bridgehead atoms. The van der Waals surface area contributed by atoms with Gasteiger partial charge in [0.25, 0.3) is 0 Å². The zero-order chi connectivity index (χ0) is 15.2. The number of rotatable bonds is 7. The highest BCUT2D eigenvalue weighted by Crippen LogP contribution is 2.28. The second-order valence-corrected chi connectivity index (χ2v) is 4.19. The Morgan fingerprint density at radius 1 is 1.43 bits per heavy atom. The van der Waals surface area contributed by atoms with Gasteiger partial charge in [-0.15, -0.1) is 0 Å². The monoisotopic (exact) mass is 294 g/mol. The number of nitro benzene ring substituents is 1. The predicted molar refractivity (Wildman–Crippen MR) is 72.8 cm³/mol. The van der Waals surface area contributed by atoms with Crippen molar-refractivity contribution in [2.24, 2.45) is 0 Å². The number of ether oxygens (including phenoxy) is 1. The van der Waals surface area contributed by atoms with Crippen molar-refractivity contribution in [3.05, 3.63) is 22.2 Å². The summed E-state index contributed by atoms with van der Waals surface area (Å²) in [6.45, 7) is 2.61. The Morgan fingerprint density at radius 3 is 2.90 bits per heavy atom. The molecule has 2 rings (SSSR count). The molecule has 0 saturated heterocycles. The maximum Gasteiger partial charge on any atom is 0.305 e. The first kappa shape index (κ1) is 14.7. The van der Waals surface area contributed by atoms with Crippen molar-refractivity contribution in [3.63, 3.8) is 0 Å². The van der Waals surface area contributed by atoms with Crippen LogP contribution >= 0.6 is 0 Å². The van der Waals surface area contributed by atoms with E-state index in [0.717, 1.165) is 0 Å². The van der Waals surface area contributed by atoms with Crippen LogP contribution in [0.15, 0.2) is 16.8 Å². The number of hydrogen-bond donors (Lipinski definition) is 1. The minimum Gasteiger partial charge on any atom is -0.466 e. The fraction of sp³-hybridized carbons (Fsp3) is 0.417. The summed E-state index contributed by atoms with van der Waals surface area (Å²) in [5.41, 5.74) is 0.791. The molecule has 0 atom stereocenters. The van der Waals surface area contributed by atoms with Gasteiger partial charge in [-0.05, 0) is 29.7 Å². The highest BCUT2D eigenvalue weighted by molar-refractivity contribution is 5.93. The van der Waals surface area contributed by atoms with Crippen LogP contribution in [0.4, 0.5) is 11.4 Å². The third-order valence-electron chi connectivity index (χ3n) is 2.77. The molecular formula is C12H14N4O5. The van der Waals surface area contributed by atoms with Crippen LogP contribution in [-0.4, -0.2) is 34.4 Å². The molecule has 2 aromatic rings. The molecule has 0 fully saturated rings. The molecule has 9 heteroatoms. The molecule has 0 saturated carbocycles. The third-order valence-corrected chi connectivity index (χ3v) is 2.77. The first-order chi connectivity index (χ1) is 10.1. The summed E-state index contributed by atoms with van der Waals surface area (Å²) in [6, 6.07) is 2.87. The summed E-state index contributed by atoms with van der Waals surface area (Å²) in [7, 11) is 0. The highest BCUT2D eigenvalue weighted by Gasteiger charge is 2.19. The van der Waals surface area contributed by atoms with Crippen molar-refractivity contribution in [3.8, 4) is 0 Å². The van der Waals surface area contributed by atoms with E-state index in [1.807, 2.05) is 0 Å². The summed E-state index contributed by atoms with van der Waals surface area (Å²) in [5.74, 6) is -0.253. The lowest BCUT2D eigenvalue weighted by Crippen LogP contribution is -2.08. The largest absolute Gasteiger partial charge is 0.466 e. The molecule has 0 aliphatic heterocycles. The number of nitrogens with zero attached hydrogens (tertiary/aromatic N) is 3. The van der Waals surface area contributed by atoms with Crippen LogP contribution in [0.2, 0.25) is 0 Å². The molecule has 21 heavy (non-hydrogen) atoms. The van der Waals surface area contributed by atoms with Crippen molar-refractivity contribution in [1.82, 2.24) is 10.3 Å². The summed E-state index contributed by atoms with van der Waals surface area (Å²) in [6.07, 6.45) is 0.872. The van der Waals surface area contributed by atoms with E-state index in [2.05, 4.69) is 20.3 Å². The van der Waals surface area contributed by atoms with E-state index < -0.39 is 4.92 Å². The molecule has 0 aliphatic rings. The van der Waals surface area contributed by atoms with Crippen LogP contribution in [0.5, 0.6) is 0 Å². The lowest BCUT2D eigenvalue weighted by atomic mass is 10.2. The minimum atomic E-state index is -0.545. The zero-order valence-electron chi connectivity index (χ0n) is 11.4. The summed E-state index contributed by atoms with van der Waals surface area (Å²) < 4.78 is 9.37. The smallest absolute Gasteiger partial charge is 0.305 e. The molecule has 0 radical (unpaired) electrons. The molecular weight excluding hydrogens is 280 g/mol. The molecule has 1 heterocycles. The van der Waals surface area contributed by atoms with Gasteiger partial charge in [0.15, 0.2) is 5.52 Å². The minimum absolute atomic E-state index is 0.0930. The summed E-state index contributed by atoms with van der Waals surface area (Å²) in [5, 5.41) is 21.1. The number of carbonyl (C=O) groups is 1. The summed E-state index contributed by atoms with van der Waals surface area (Å²) >= 11 is 0. The average Bonchev–Trinajstić information content (AvgIpc) is 2.93. The molecule has 0 amide bonds. The van der Waals surface area contributed by atoms with E-state index in [9.17, 15) is 14.9 Å². The Kier molecular flexibility index (Phi) is 4.64. The van der Waals surface area contributed by atoms with E-state index in [1.54, 1.807) is 6.92 Å². The van der Waals surface area contributed by atoms with Crippen LogP contribution in [0.25, 0.3) is 11.0 Å².